The van der Waals surface area contributed by atoms with E-state index in [2.05, 4.69) is 57.5 Å². The number of nitrogens with zero attached hydrogens (tertiary/aromatic N) is 1. The Morgan fingerprint density at radius 3 is 2.42 bits per heavy atom. The Bertz CT molecular complexity index is 382. The first-order valence-electron chi connectivity index (χ1n) is 7.04. The predicted octanol–water partition coefficient (Wildman–Crippen LogP) is 5.07. The van der Waals surface area contributed by atoms with E-state index < -0.39 is 0 Å². The van der Waals surface area contributed by atoms with Crippen molar-refractivity contribution in [3.05, 3.63) is 34.9 Å². The van der Waals surface area contributed by atoms with Gasteiger partial charge in [0.25, 0.3) is 0 Å². The lowest BCUT2D eigenvalue weighted by molar-refractivity contribution is 0.150. The highest BCUT2D eigenvalue weighted by atomic mass is 35.5. The molecule has 0 spiro atoms. The normalized spacial score (nSPS) is 13.8. The molecule has 0 aromatic heterocycles. The molecule has 0 bridgehead atoms. The lowest BCUT2D eigenvalue weighted by Crippen LogP contribution is -2.37. The van der Waals surface area contributed by atoms with Crippen LogP contribution in [0.4, 0.5) is 0 Å². The summed E-state index contributed by atoms with van der Waals surface area (Å²) in [5.41, 5.74) is 1.58. The molecule has 0 aliphatic rings. The SMILES string of the molecule is CCC(CC)(CS)CN(C)C(C)c1cccc(Cl)c1. The Balaban J connectivity index is 2.79. The Labute approximate surface area is 128 Å². The summed E-state index contributed by atoms with van der Waals surface area (Å²) in [5, 5.41) is 0.809. The van der Waals surface area contributed by atoms with Gasteiger partial charge in [-0.2, -0.15) is 12.6 Å². The van der Waals surface area contributed by atoms with Crippen LogP contribution in [0.1, 0.15) is 45.2 Å². The van der Waals surface area contributed by atoms with E-state index in [4.69, 9.17) is 11.6 Å². The van der Waals surface area contributed by atoms with E-state index in [0.29, 0.717) is 11.5 Å². The molecule has 0 saturated carbocycles. The van der Waals surface area contributed by atoms with Crippen LogP contribution in [-0.2, 0) is 0 Å². The number of benzene rings is 1. The van der Waals surface area contributed by atoms with Crippen molar-refractivity contribution in [1.29, 1.82) is 0 Å². The lowest BCUT2D eigenvalue weighted by atomic mass is 9.83. The van der Waals surface area contributed by atoms with Crippen molar-refractivity contribution in [3.8, 4) is 0 Å². The molecule has 1 nitrogen and oxygen atoms in total. The smallest absolute Gasteiger partial charge is 0.0409 e. The van der Waals surface area contributed by atoms with Gasteiger partial charge in [-0.25, -0.2) is 0 Å². The molecule has 0 N–H and O–H groups in total. The van der Waals surface area contributed by atoms with Crippen molar-refractivity contribution in [2.75, 3.05) is 19.3 Å². The maximum atomic E-state index is 6.08. The molecule has 3 heteroatoms. The van der Waals surface area contributed by atoms with Gasteiger partial charge in [-0.1, -0.05) is 37.6 Å². The molecule has 0 heterocycles. The summed E-state index contributed by atoms with van der Waals surface area (Å²) in [6.07, 6.45) is 2.33. The van der Waals surface area contributed by atoms with Gasteiger partial charge in [0.1, 0.15) is 0 Å². The highest BCUT2D eigenvalue weighted by Gasteiger charge is 2.28. The van der Waals surface area contributed by atoms with Gasteiger partial charge in [-0.05, 0) is 55.7 Å². The van der Waals surface area contributed by atoms with Gasteiger partial charge in [0.05, 0.1) is 0 Å². The molecule has 0 aliphatic carbocycles. The monoisotopic (exact) mass is 299 g/mol. The first-order chi connectivity index (χ1) is 8.98. The molecule has 1 aromatic carbocycles. The van der Waals surface area contributed by atoms with Gasteiger partial charge in [0.2, 0.25) is 0 Å². The second-order valence-electron chi connectivity index (χ2n) is 5.51. The molecule has 0 fully saturated rings. The zero-order valence-electron chi connectivity index (χ0n) is 12.5. The summed E-state index contributed by atoms with van der Waals surface area (Å²) in [6.45, 7) is 7.83. The summed E-state index contributed by atoms with van der Waals surface area (Å²) in [4.78, 5) is 2.41. The van der Waals surface area contributed by atoms with Crippen LogP contribution >= 0.6 is 24.2 Å². The second-order valence-corrected chi connectivity index (χ2v) is 6.26. The fourth-order valence-electron chi connectivity index (χ4n) is 2.43. The van der Waals surface area contributed by atoms with Crippen molar-refractivity contribution in [2.45, 2.75) is 39.7 Å². The zero-order valence-corrected chi connectivity index (χ0v) is 14.1. The van der Waals surface area contributed by atoms with Crippen LogP contribution in [0.5, 0.6) is 0 Å². The molecular weight excluding hydrogens is 274 g/mol. The van der Waals surface area contributed by atoms with Gasteiger partial charge in [-0.3, -0.25) is 4.90 Å². The molecular formula is C16H26ClNS. The van der Waals surface area contributed by atoms with Gasteiger partial charge < -0.3 is 0 Å². The van der Waals surface area contributed by atoms with E-state index >= 15 is 0 Å². The molecule has 1 unspecified atom stereocenters. The Hall–Kier alpha value is -0.180. The second kappa shape index (κ2) is 7.56. The number of halogens is 1. The largest absolute Gasteiger partial charge is 0.299 e. The molecule has 0 aliphatic heterocycles. The fourth-order valence-corrected chi connectivity index (χ4v) is 3.18. The van der Waals surface area contributed by atoms with Crippen molar-refractivity contribution < 1.29 is 0 Å². The first-order valence-corrected chi connectivity index (χ1v) is 8.05. The summed E-state index contributed by atoms with van der Waals surface area (Å²) >= 11 is 10.6. The van der Waals surface area contributed by atoms with E-state index in [0.717, 1.165) is 17.3 Å². The summed E-state index contributed by atoms with van der Waals surface area (Å²) in [5.74, 6) is 0.937. The fraction of sp³-hybridized carbons (Fsp3) is 0.625. The Kier molecular flexibility index (Phi) is 6.72. The van der Waals surface area contributed by atoms with Crippen LogP contribution in [0.2, 0.25) is 5.02 Å². The molecule has 1 aromatic rings. The summed E-state index contributed by atoms with van der Waals surface area (Å²) < 4.78 is 0. The molecule has 1 rings (SSSR count). The number of thiol groups is 1. The number of rotatable bonds is 7. The van der Waals surface area contributed by atoms with Gasteiger partial charge in [0.15, 0.2) is 0 Å². The third kappa shape index (κ3) is 4.40. The Morgan fingerprint density at radius 2 is 1.95 bits per heavy atom. The van der Waals surface area contributed by atoms with E-state index in [-0.39, 0.29) is 0 Å². The maximum Gasteiger partial charge on any atom is 0.0409 e. The van der Waals surface area contributed by atoms with Crippen LogP contribution in [-0.4, -0.2) is 24.2 Å². The third-order valence-corrected chi connectivity index (χ3v) is 5.32. The van der Waals surface area contributed by atoms with Crippen LogP contribution in [0.15, 0.2) is 24.3 Å². The molecule has 108 valence electrons. The average molecular weight is 300 g/mol. The number of hydrogen-bond acceptors (Lipinski definition) is 2. The van der Waals surface area contributed by atoms with Crippen molar-refractivity contribution in [3.63, 3.8) is 0 Å². The van der Waals surface area contributed by atoms with Gasteiger partial charge >= 0.3 is 0 Å². The topological polar surface area (TPSA) is 3.24 Å². The minimum absolute atomic E-state index is 0.310. The highest BCUT2D eigenvalue weighted by Crippen LogP contribution is 2.32. The summed E-state index contributed by atoms with van der Waals surface area (Å²) in [6, 6.07) is 8.52. The zero-order chi connectivity index (χ0) is 14.5. The standard InChI is InChI=1S/C16H26ClNS/c1-5-16(6-2,12-19)11-18(4)13(3)14-8-7-9-15(17)10-14/h7-10,13,19H,5-6,11-12H2,1-4H3. The molecule has 0 radical (unpaired) electrons. The third-order valence-electron chi connectivity index (χ3n) is 4.41. The highest BCUT2D eigenvalue weighted by molar-refractivity contribution is 7.80. The first kappa shape index (κ1) is 16.9. The van der Waals surface area contributed by atoms with E-state index in [1.807, 2.05) is 12.1 Å². The van der Waals surface area contributed by atoms with Crippen molar-refractivity contribution >= 4 is 24.2 Å². The van der Waals surface area contributed by atoms with Crippen molar-refractivity contribution in [1.82, 2.24) is 4.90 Å². The van der Waals surface area contributed by atoms with Gasteiger partial charge in [-0.15, -0.1) is 0 Å². The van der Waals surface area contributed by atoms with Crippen molar-refractivity contribution in [2.24, 2.45) is 5.41 Å². The molecule has 1 atom stereocenters. The molecule has 0 saturated heterocycles. The van der Waals surface area contributed by atoms with Crippen LogP contribution in [0.25, 0.3) is 0 Å². The Morgan fingerprint density at radius 1 is 1.32 bits per heavy atom. The minimum Gasteiger partial charge on any atom is -0.299 e. The van der Waals surface area contributed by atoms with Crippen LogP contribution in [0, 0.1) is 5.41 Å². The van der Waals surface area contributed by atoms with E-state index in [9.17, 15) is 0 Å². The lowest BCUT2D eigenvalue weighted by Gasteiger charge is -2.37. The minimum atomic E-state index is 0.310. The maximum absolute atomic E-state index is 6.08. The molecule has 19 heavy (non-hydrogen) atoms. The average Bonchev–Trinajstić information content (AvgIpc) is 2.44. The number of hydrogen-bond donors (Lipinski definition) is 1. The quantitative estimate of drug-likeness (QED) is 0.688. The van der Waals surface area contributed by atoms with E-state index in [1.54, 1.807) is 0 Å². The van der Waals surface area contributed by atoms with E-state index in [1.165, 1.54) is 18.4 Å². The van der Waals surface area contributed by atoms with Gasteiger partial charge in [0, 0.05) is 17.6 Å². The van der Waals surface area contributed by atoms with Crippen LogP contribution < -0.4 is 0 Å². The van der Waals surface area contributed by atoms with Crippen LogP contribution in [0.3, 0.4) is 0 Å². The predicted molar refractivity (Wildman–Crippen MR) is 89.4 cm³/mol. The summed E-state index contributed by atoms with van der Waals surface area (Å²) in [7, 11) is 2.19. The molecule has 0 amide bonds.